The zero-order valence-electron chi connectivity index (χ0n) is 22.7. The molecule has 0 radical (unpaired) electrons. The highest BCUT2D eigenvalue weighted by molar-refractivity contribution is 6.06. The molecular formula is C27H21F4N9O4. The summed E-state index contributed by atoms with van der Waals surface area (Å²) in [6.45, 7) is 0.519. The van der Waals surface area contributed by atoms with E-state index < -0.39 is 49.4 Å². The molecule has 5 heterocycles. The van der Waals surface area contributed by atoms with E-state index in [0.29, 0.717) is 22.7 Å². The van der Waals surface area contributed by atoms with Gasteiger partial charge < -0.3 is 15.0 Å². The molecule has 2 atom stereocenters. The number of ketones is 1. The average Bonchev–Trinajstić information content (AvgIpc) is 3.68. The van der Waals surface area contributed by atoms with Crippen LogP contribution in [0.3, 0.4) is 0 Å². The normalized spacial score (nSPS) is 16.9. The van der Waals surface area contributed by atoms with Crippen LogP contribution in [0.15, 0.2) is 55.2 Å². The molecule has 0 bridgehead atoms. The van der Waals surface area contributed by atoms with Gasteiger partial charge >= 0.3 is 6.36 Å². The summed E-state index contributed by atoms with van der Waals surface area (Å²) in [6, 6.07) is 5.65. The maximum Gasteiger partial charge on any atom is 0.574 e. The van der Waals surface area contributed by atoms with E-state index in [1.807, 2.05) is 0 Å². The molecular weight excluding hydrogens is 590 g/mol. The maximum absolute atomic E-state index is 14.5. The Morgan fingerprint density at radius 2 is 1.93 bits per heavy atom. The fraction of sp³-hybridized carbons (Fsp3) is 0.259. The Morgan fingerprint density at radius 3 is 2.70 bits per heavy atom. The number of fused-ring (bicyclic) bond motifs is 2. The van der Waals surface area contributed by atoms with Crippen LogP contribution in [0.4, 0.5) is 23.4 Å². The van der Waals surface area contributed by atoms with Crippen LogP contribution < -0.4 is 10.1 Å². The quantitative estimate of drug-likeness (QED) is 0.216. The summed E-state index contributed by atoms with van der Waals surface area (Å²) in [7, 11) is 0. The molecule has 17 heteroatoms. The van der Waals surface area contributed by atoms with Gasteiger partial charge in [-0.25, -0.2) is 13.9 Å². The number of nitrogens with one attached hydrogen (secondary N) is 1. The Labute approximate surface area is 244 Å². The number of amides is 2. The summed E-state index contributed by atoms with van der Waals surface area (Å²) in [5, 5.41) is 11.3. The number of ether oxygens (including phenoxy) is 1. The molecule has 6 rings (SSSR count). The van der Waals surface area contributed by atoms with E-state index in [9.17, 15) is 31.9 Å². The van der Waals surface area contributed by atoms with Crippen LogP contribution in [0.25, 0.3) is 27.7 Å². The largest absolute Gasteiger partial charge is 0.574 e. The molecule has 13 nitrogen and oxygen atoms in total. The molecule has 1 saturated heterocycles. The first kappa shape index (κ1) is 28.6. The number of rotatable bonds is 7. The third-order valence-electron chi connectivity index (χ3n) is 6.91. The van der Waals surface area contributed by atoms with Crippen molar-refractivity contribution < 1.29 is 36.7 Å². The van der Waals surface area contributed by atoms with E-state index in [4.69, 9.17) is 0 Å². The monoisotopic (exact) mass is 611 g/mol. The van der Waals surface area contributed by atoms with Crippen molar-refractivity contribution in [3.63, 3.8) is 0 Å². The Balaban J connectivity index is 1.23. The molecule has 0 unspecified atom stereocenters. The second kappa shape index (κ2) is 11.0. The molecule has 5 aromatic rings. The lowest BCUT2D eigenvalue weighted by Gasteiger charge is -2.23. The van der Waals surface area contributed by atoms with Gasteiger partial charge in [0.1, 0.15) is 24.5 Å². The van der Waals surface area contributed by atoms with Crippen molar-refractivity contribution in [3.8, 4) is 17.0 Å². The van der Waals surface area contributed by atoms with Crippen molar-refractivity contribution in [2.45, 2.75) is 38.5 Å². The number of carbonyl (C=O) groups excluding carboxylic acids is 3. The zero-order valence-corrected chi connectivity index (χ0v) is 22.7. The summed E-state index contributed by atoms with van der Waals surface area (Å²) in [5.41, 5.74) is 2.67. The standard InChI is InChI=1S/C27H21F4N9O4/c1-14(41)25-18-6-15(16-8-33-22-4-5-34-40(22)11-16)2-3-19(18)39(37-25)13-24(42)38-12-17(28)7-20(38)26(43)36-21-9-32-10-23(35-21)44-27(29,30)31/h2-6,8-11,17,20H,7,12-13H2,1H3,(H,35,36,43)/t17-,20+/m1/s1. The van der Waals surface area contributed by atoms with Crippen molar-refractivity contribution in [2.75, 3.05) is 11.9 Å². The number of Topliss-reactive ketones (excluding diaryl/α,β-unsaturated/α-hetero) is 1. The molecule has 44 heavy (non-hydrogen) atoms. The van der Waals surface area contributed by atoms with Gasteiger partial charge in [-0.2, -0.15) is 15.2 Å². The SMILES string of the molecule is CC(=O)c1nn(CC(=O)N2C[C@H](F)C[C@H]2C(=O)Nc2cncc(OC(F)(F)F)n2)c2ccc(-c3cnc4ccnn4c3)cc12. The van der Waals surface area contributed by atoms with Crippen LogP contribution in [-0.4, -0.2) is 82.0 Å². The molecule has 4 aromatic heterocycles. The van der Waals surface area contributed by atoms with Gasteiger partial charge in [0, 0.05) is 42.8 Å². The first-order chi connectivity index (χ1) is 20.9. The fourth-order valence-electron chi connectivity index (χ4n) is 5.01. The minimum atomic E-state index is -5.03. The van der Waals surface area contributed by atoms with Crippen LogP contribution in [0.2, 0.25) is 0 Å². The van der Waals surface area contributed by atoms with Gasteiger partial charge in [0.15, 0.2) is 17.2 Å². The minimum absolute atomic E-state index is 0.112. The van der Waals surface area contributed by atoms with Gasteiger partial charge in [-0.3, -0.25) is 24.0 Å². The van der Waals surface area contributed by atoms with E-state index in [2.05, 4.69) is 35.2 Å². The molecule has 1 aromatic carbocycles. The van der Waals surface area contributed by atoms with Gasteiger partial charge in [-0.1, -0.05) is 6.07 Å². The first-order valence-electron chi connectivity index (χ1n) is 13.1. The molecule has 0 saturated carbocycles. The van der Waals surface area contributed by atoms with Gasteiger partial charge in [0.05, 0.1) is 30.7 Å². The molecule has 2 amide bonds. The predicted octanol–water partition coefficient (Wildman–Crippen LogP) is 3.21. The topological polar surface area (TPSA) is 150 Å². The Hall–Kier alpha value is -5.48. The number of hydrogen-bond acceptors (Lipinski definition) is 9. The van der Waals surface area contributed by atoms with Crippen LogP contribution in [0, 0.1) is 0 Å². The van der Waals surface area contributed by atoms with Gasteiger partial charge in [0.25, 0.3) is 0 Å². The third kappa shape index (κ3) is 5.75. The van der Waals surface area contributed by atoms with E-state index in [0.717, 1.165) is 22.2 Å². The predicted molar refractivity (Wildman–Crippen MR) is 144 cm³/mol. The first-order valence-corrected chi connectivity index (χ1v) is 13.1. The van der Waals surface area contributed by atoms with E-state index >= 15 is 0 Å². The van der Waals surface area contributed by atoms with Crippen molar-refractivity contribution in [1.29, 1.82) is 0 Å². The lowest BCUT2D eigenvalue weighted by molar-refractivity contribution is -0.276. The fourth-order valence-corrected chi connectivity index (χ4v) is 5.01. The zero-order chi connectivity index (χ0) is 31.2. The summed E-state index contributed by atoms with van der Waals surface area (Å²) in [5.74, 6) is -3.18. The highest BCUT2D eigenvalue weighted by Gasteiger charge is 2.40. The van der Waals surface area contributed by atoms with E-state index in [1.54, 1.807) is 47.4 Å². The lowest BCUT2D eigenvalue weighted by atomic mass is 10.0. The minimum Gasteiger partial charge on any atom is -0.386 e. The number of hydrogen-bond donors (Lipinski definition) is 1. The van der Waals surface area contributed by atoms with E-state index in [-0.39, 0.29) is 23.7 Å². The van der Waals surface area contributed by atoms with E-state index in [1.165, 1.54) is 11.6 Å². The van der Waals surface area contributed by atoms with Gasteiger partial charge in [-0.15, -0.1) is 13.2 Å². The molecule has 0 spiro atoms. The summed E-state index contributed by atoms with van der Waals surface area (Å²) in [4.78, 5) is 51.3. The smallest absolute Gasteiger partial charge is 0.386 e. The molecule has 1 N–H and O–H groups in total. The number of likely N-dealkylation sites (tertiary alicyclic amines) is 1. The van der Waals surface area contributed by atoms with Crippen LogP contribution in [-0.2, 0) is 16.1 Å². The van der Waals surface area contributed by atoms with Gasteiger partial charge in [0.2, 0.25) is 17.7 Å². The Bertz CT molecular complexity index is 1920. The Kier molecular flexibility index (Phi) is 7.14. The second-order valence-corrected chi connectivity index (χ2v) is 9.95. The molecule has 0 aliphatic carbocycles. The summed E-state index contributed by atoms with van der Waals surface area (Å²) < 4.78 is 58.7. The number of benzene rings is 1. The summed E-state index contributed by atoms with van der Waals surface area (Å²) >= 11 is 0. The highest BCUT2D eigenvalue weighted by Crippen LogP contribution is 2.28. The van der Waals surface area contributed by atoms with Crippen molar-refractivity contribution >= 4 is 40.0 Å². The van der Waals surface area contributed by atoms with Crippen molar-refractivity contribution in [1.82, 2.24) is 39.2 Å². The number of anilines is 1. The van der Waals surface area contributed by atoms with Crippen molar-refractivity contribution in [3.05, 3.63) is 60.9 Å². The highest BCUT2D eigenvalue weighted by atomic mass is 19.4. The number of aromatic nitrogens is 7. The van der Waals surface area contributed by atoms with Crippen LogP contribution in [0.1, 0.15) is 23.8 Å². The van der Waals surface area contributed by atoms with Crippen LogP contribution in [0.5, 0.6) is 5.88 Å². The molecule has 226 valence electrons. The second-order valence-electron chi connectivity index (χ2n) is 9.95. The van der Waals surface area contributed by atoms with Gasteiger partial charge in [-0.05, 0) is 17.7 Å². The molecule has 1 aliphatic heterocycles. The third-order valence-corrected chi connectivity index (χ3v) is 6.91. The number of halogens is 4. The molecule has 1 fully saturated rings. The number of carbonyl (C=O) groups is 3. The average molecular weight is 612 g/mol. The number of nitrogens with zero attached hydrogens (tertiary/aromatic N) is 8. The lowest BCUT2D eigenvalue weighted by Crippen LogP contribution is -2.44. The summed E-state index contributed by atoms with van der Waals surface area (Å²) in [6.07, 6.45) is -0.174. The van der Waals surface area contributed by atoms with Crippen LogP contribution >= 0.6 is 0 Å². The Morgan fingerprint density at radius 1 is 1.11 bits per heavy atom. The number of alkyl halides is 4. The van der Waals surface area contributed by atoms with Crippen molar-refractivity contribution in [2.24, 2.45) is 0 Å². The molecule has 1 aliphatic rings. The maximum atomic E-state index is 14.5.